The molecular weight excluding hydrogens is 368 g/mol. The molecule has 2 heterocycles. The van der Waals surface area contributed by atoms with Crippen LogP contribution in [0.2, 0.25) is 0 Å². The van der Waals surface area contributed by atoms with Crippen LogP contribution in [0.25, 0.3) is 0 Å². The number of nitrogens with zero attached hydrogens (tertiary/aromatic N) is 2. The van der Waals surface area contributed by atoms with Crippen LogP contribution in [-0.4, -0.2) is 56.6 Å². The Bertz CT molecular complexity index is 983. The summed E-state index contributed by atoms with van der Waals surface area (Å²) in [5, 5.41) is 10.2. The lowest BCUT2D eigenvalue weighted by molar-refractivity contribution is 0.0730. The van der Waals surface area contributed by atoms with Gasteiger partial charge < -0.3 is 14.7 Å². The summed E-state index contributed by atoms with van der Waals surface area (Å²) in [5.74, 6) is -0.637. The third kappa shape index (κ3) is 3.20. The van der Waals surface area contributed by atoms with Gasteiger partial charge in [0.2, 0.25) is 10.0 Å². The number of hydrogen-bond acceptors (Lipinski definition) is 5. The first-order valence-corrected chi connectivity index (χ1v) is 10.2. The van der Waals surface area contributed by atoms with Gasteiger partial charge in [-0.15, -0.1) is 0 Å². The van der Waals surface area contributed by atoms with Crippen LogP contribution in [0.1, 0.15) is 15.9 Å². The second-order valence-corrected chi connectivity index (χ2v) is 8.47. The summed E-state index contributed by atoms with van der Waals surface area (Å²) in [5.41, 5.74) is 1.84. The van der Waals surface area contributed by atoms with E-state index in [-0.39, 0.29) is 29.3 Å². The monoisotopic (exact) mass is 388 g/mol. The molecule has 0 aromatic heterocycles. The van der Waals surface area contributed by atoms with Crippen molar-refractivity contribution < 1.29 is 23.1 Å². The number of anilines is 1. The van der Waals surface area contributed by atoms with Crippen LogP contribution >= 0.6 is 0 Å². The number of amides is 1. The summed E-state index contributed by atoms with van der Waals surface area (Å²) in [4.78, 5) is 14.6. The normalized spacial score (nSPS) is 17.7. The molecular formula is C19H20N2O5S. The quantitative estimate of drug-likeness (QED) is 0.863. The van der Waals surface area contributed by atoms with Gasteiger partial charge in [0.15, 0.2) is 0 Å². The van der Waals surface area contributed by atoms with E-state index in [4.69, 9.17) is 4.74 Å². The van der Waals surface area contributed by atoms with E-state index in [0.29, 0.717) is 19.8 Å². The molecule has 8 heteroatoms. The maximum Gasteiger partial charge on any atom is 0.262 e. The first-order chi connectivity index (χ1) is 13.0. The van der Waals surface area contributed by atoms with E-state index < -0.39 is 15.9 Å². The molecule has 1 N–H and O–H groups in total. The molecule has 2 aliphatic heterocycles. The fourth-order valence-electron chi connectivity index (χ4n) is 3.48. The summed E-state index contributed by atoms with van der Waals surface area (Å²) in [6, 6.07) is 11.4. The van der Waals surface area contributed by atoms with Crippen molar-refractivity contribution >= 4 is 21.6 Å². The number of carbonyl (C=O) groups is 1. The Morgan fingerprint density at radius 2 is 1.78 bits per heavy atom. The highest BCUT2D eigenvalue weighted by atomic mass is 32.2. The van der Waals surface area contributed by atoms with E-state index in [9.17, 15) is 18.3 Å². The van der Waals surface area contributed by atoms with Gasteiger partial charge >= 0.3 is 0 Å². The summed E-state index contributed by atoms with van der Waals surface area (Å²) in [6.07, 6.45) is 0.731. The number of aromatic hydroxyl groups is 1. The Hall–Kier alpha value is -2.42. The average Bonchev–Trinajstić information content (AvgIpc) is 3.12. The number of phenolic OH excluding ortho intramolecular Hbond substituents is 1. The van der Waals surface area contributed by atoms with Crippen molar-refractivity contribution in [3.05, 3.63) is 53.6 Å². The van der Waals surface area contributed by atoms with E-state index in [1.54, 1.807) is 4.90 Å². The van der Waals surface area contributed by atoms with Crippen molar-refractivity contribution in [3.63, 3.8) is 0 Å². The molecule has 0 radical (unpaired) electrons. The summed E-state index contributed by atoms with van der Waals surface area (Å²) < 4.78 is 32.3. The zero-order valence-electron chi connectivity index (χ0n) is 14.7. The van der Waals surface area contributed by atoms with E-state index in [1.165, 1.54) is 22.5 Å². The predicted molar refractivity (Wildman–Crippen MR) is 99.5 cm³/mol. The second-order valence-electron chi connectivity index (χ2n) is 6.53. The Morgan fingerprint density at radius 1 is 1.04 bits per heavy atom. The highest BCUT2D eigenvalue weighted by Gasteiger charge is 2.30. The minimum Gasteiger partial charge on any atom is -0.507 e. The summed E-state index contributed by atoms with van der Waals surface area (Å²) in [6.45, 7) is 1.72. The molecule has 7 nitrogen and oxygen atoms in total. The largest absolute Gasteiger partial charge is 0.507 e. The molecule has 0 bridgehead atoms. The van der Waals surface area contributed by atoms with Gasteiger partial charge in [0.1, 0.15) is 5.75 Å². The number of fused-ring (bicyclic) bond motifs is 1. The molecule has 0 atom stereocenters. The standard InChI is InChI=1S/C19H20N2O5S/c22-18-6-5-15(27(24,25)20-9-11-26-12-10-20)13-16(18)19(23)21-8-7-14-3-1-2-4-17(14)21/h1-6,13,22H,7-12H2. The number of hydrogen-bond donors (Lipinski definition) is 1. The number of rotatable bonds is 3. The molecule has 0 saturated carbocycles. The lowest BCUT2D eigenvalue weighted by Crippen LogP contribution is -2.40. The fourth-order valence-corrected chi connectivity index (χ4v) is 4.91. The van der Waals surface area contributed by atoms with Crippen LogP contribution in [0.4, 0.5) is 5.69 Å². The van der Waals surface area contributed by atoms with Crippen molar-refractivity contribution in [2.45, 2.75) is 11.3 Å². The van der Waals surface area contributed by atoms with Crippen LogP contribution < -0.4 is 4.90 Å². The molecule has 1 fully saturated rings. The average molecular weight is 388 g/mol. The second kappa shape index (κ2) is 6.95. The first-order valence-electron chi connectivity index (χ1n) is 8.79. The van der Waals surface area contributed by atoms with Crippen LogP contribution in [0.3, 0.4) is 0 Å². The van der Waals surface area contributed by atoms with E-state index >= 15 is 0 Å². The Morgan fingerprint density at radius 3 is 2.56 bits per heavy atom. The Balaban J connectivity index is 1.68. The van der Waals surface area contributed by atoms with Gasteiger partial charge in [-0.3, -0.25) is 4.79 Å². The molecule has 0 spiro atoms. The lowest BCUT2D eigenvalue weighted by atomic mass is 10.1. The molecule has 2 aliphatic rings. The Kier molecular flexibility index (Phi) is 4.63. The molecule has 142 valence electrons. The van der Waals surface area contributed by atoms with Gasteiger partial charge in [-0.25, -0.2) is 8.42 Å². The van der Waals surface area contributed by atoms with E-state index in [1.807, 2.05) is 24.3 Å². The van der Waals surface area contributed by atoms with Crippen LogP contribution in [0, 0.1) is 0 Å². The number of sulfonamides is 1. The van der Waals surface area contributed by atoms with E-state index in [2.05, 4.69) is 0 Å². The summed E-state index contributed by atoms with van der Waals surface area (Å²) >= 11 is 0. The molecule has 0 aliphatic carbocycles. The molecule has 2 aromatic carbocycles. The summed E-state index contributed by atoms with van der Waals surface area (Å²) in [7, 11) is -3.75. The van der Waals surface area contributed by atoms with Crippen molar-refractivity contribution in [3.8, 4) is 5.75 Å². The van der Waals surface area contributed by atoms with Crippen molar-refractivity contribution in [1.29, 1.82) is 0 Å². The van der Waals surface area contributed by atoms with Crippen LogP contribution in [0.15, 0.2) is 47.4 Å². The third-order valence-corrected chi connectivity index (χ3v) is 6.83. The number of carbonyl (C=O) groups excluding carboxylic acids is 1. The minimum absolute atomic E-state index is 0.00182. The zero-order valence-corrected chi connectivity index (χ0v) is 15.5. The minimum atomic E-state index is -3.75. The fraction of sp³-hybridized carbons (Fsp3) is 0.316. The topological polar surface area (TPSA) is 87.2 Å². The van der Waals surface area contributed by atoms with Crippen LogP contribution in [0.5, 0.6) is 5.75 Å². The molecule has 27 heavy (non-hydrogen) atoms. The smallest absolute Gasteiger partial charge is 0.262 e. The predicted octanol–water partition coefficient (Wildman–Crippen LogP) is 1.62. The third-order valence-electron chi connectivity index (χ3n) is 4.94. The van der Waals surface area contributed by atoms with Crippen molar-refractivity contribution in [2.24, 2.45) is 0 Å². The Labute approximate surface area is 157 Å². The van der Waals surface area contributed by atoms with Crippen LogP contribution in [-0.2, 0) is 21.2 Å². The number of benzene rings is 2. The molecule has 1 amide bonds. The maximum absolute atomic E-state index is 13.0. The maximum atomic E-state index is 13.0. The molecule has 0 unspecified atom stereocenters. The van der Waals surface area contributed by atoms with Gasteiger partial charge in [-0.05, 0) is 36.2 Å². The SMILES string of the molecule is O=C(c1cc(S(=O)(=O)N2CCOCC2)ccc1O)N1CCc2ccccc21. The highest BCUT2D eigenvalue weighted by Crippen LogP contribution is 2.32. The lowest BCUT2D eigenvalue weighted by Gasteiger charge is -2.26. The van der Waals surface area contributed by atoms with Gasteiger partial charge in [0.25, 0.3) is 5.91 Å². The van der Waals surface area contributed by atoms with Crippen molar-refractivity contribution in [2.75, 3.05) is 37.7 Å². The number of para-hydroxylation sites is 1. The van der Waals surface area contributed by atoms with Crippen molar-refractivity contribution in [1.82, 2.24) is 4.31 Å². The van der Waals surface area contributed by atoms with Gasteiger partial charge in [-0.1, -0.05) is 18.2 Å². The van der Waals surface area contributed by atoms with E-state index in [0.717, 1.165) is 17.7 Å². The van der Waals surface area contributed by atoms with Gasteiger partial charge in [-0.2, -0.15) is 4.31 Å². The van der Waals surface area contributed by atoms with Gasteiger partial charge in [0, 0.05) is 25.3 Å². The number of ether oxygens (including phenoxy) is 1. The first kappa shape index (κ1) is 18.0. The highest BCUT2D eigenvalue weighted by molar-refractivity contribution is 7.89. The molecule has 4 rings (SSSR count). The molecule has 1 saturated heterocycles. The number of phenols is 1. The van der Waals surface area contributed by atoms with Gasteiger partial charge in [0.05, 0.1) is 23.7 Å². The molecule has 2 aromatic rings. The number of morpholine rings is 1. The zero-order chi connectivity index (χ0) is 19.0.